The van der Waals surface area contributed by atoms with E-state index in [9.17, 15) is 9.90 Å². The molecule has 0 radical (unpaired) electrons. The number of carboxylic acids is 1. The first kappa shape index (κ1) is 20.7. The molecule has 1 unspecified atom stereocenters. The minimum Gasteiger partial charge on any atom is -0.487 e. The summed E-state index contributed by atoms with van der Waals surface area (Å²) in [6.07, 6.45) is 3.76. The fourth-order valence-corrected chi connectivity index (χ4v) is 4.03. The largest absolute Gasteiger partial charge is 0.487 e. The van der Waals surface area contributed by atoms with Gasteiger partial charge in [0, 0.05) is 28.7 Å². The summed E-state index contributed by atoms with van der Waals surface area (Å²) in [5.74, 6) is 0.183. The minimum atomic E-state index is -0.925. The van der Waals surface area contributed by atoms with Crippen LogP contribution in [0, 0.1) is 5.92 Å². The molecular formula is C26H26N2O3. The maximum Gasteiger partial charge on any atom is 0.335 e. The Bertz CT molecular complexity index is 1200. The van der Waals surface area contributed by atoms with Crippen LogP contribution in [0.4, 0.5) is 0 Å². The highest BCUT2D eigenvalue weighted by Crippen LogP contribution is 2.42. The van der Waals surface area contributed by atoms with Gasteiger partial charge in [-0.2, -0.15) is 0 Å². The number of rotatable bonds is 7. The van der Waals surface area contributed by atoms with Crippen molar-refractivity contribution in [3.05, 3.63) is 95.4 Å². The summed E-state index contributed by atoms with van der Waals surface area (Å²) in [6.45, 7) is 7.07. The first-order valence-corrected chi connectivity index (χ1v) is 10.4. The molecule has 2 heterocycles. The molecule has 0 saturated heterocycles. The summed E-state index contributed by atoms with van der Waals surface area (Å²) in [6, 6.07) is 19.2. The van der Waals surface area contributed by atoms with Gasteiger partial charge in [0.1, 0.15) is 12.4 Å². The SMILES string of the molecule is CC(C)C(C)(c1ccc(OCc2ccccn2)cc1)c1c[nH]c2cc(C(=O)O)ccc12. The summed E-state index contributed by atoms with van der Waals surface area (Å²) in [5, 5.41) is 10.3. The predicted molar refractivity (Wildman–Crippen MR) is 122 cm³/mol. The molecule has 0 aliphatic heterocycles. The number of nitrogens with zero attached hydrogens (tertiary/aromatic N) is 1. The second-order valence-electron chi connectivity index (χ2n) is 8.26. The van der Waals surface area contributed by atoms with Crippen LogP contribution >= 0.6 is 0 Å². The maximum atomic E-state index is 11.3. The summed E-state index contributed by atoms with van der Waals surface area (Å²) >= 11 is 0. The number of hydrogen-bond donors (Lipinski definition) is 2. The molecule has 4 aromatic rings. The third kappa shape index (κ3) is 3.91. The van der Waals surface area contributed by atoms with Crippen molar-refractivity contribution < 1.29 is 14.6 Å². The lowest BCUT2D eigenvalue weighted by molar-refractivity contribution is 0.0697. The van der Waals surface area contributed by atoms with E-state index in [1.807, 2.05) is 42.6 Å². The molecule has 0 bridgehead atoms. The molecule has 0 spiro atoms. The number of carbonyl (C=O) groups is 1. The summed E-state index contributed by atoms with van der Waals surface area (Å²) in [4.78, 5) is 18.9. The molecule has 5 nitrogen and oxygen atoms in total. The molecule has 0 amide bonds. The fraction of sp³-hybridized carbons (Fsp3) is 0.231. The van der Waals surface area contributed by atoms with E-state index in [-0.39, 0.29) is 11.0 Å². The Morgan fingerprint density at radius 3 is 2.55 bits per heavy atom. The highest BCUT2D eigenvalue weighted by molar-refractivity contribution is 5.94. The number of aromatic nitrogens is 2. The first-order valence-electron chi connectivity index (χ1n) is 10.4. The van der Waals surface area contributed by atoms with Crippen LogP contribution in [0.5, 0.6) is 5.75 Å². The van der Waals surface area contributed by atoms with E-state index in [1.165, 1.54) is 5.56 Å². The summed E-state index contributed by atoms with van der Waals surface area (Å²) in [5.41, 5.74) is 4.06. The third-order valence-electron chi connectivity index (χ3n) is 6.21. The van der Waals surface area contributed by atoms with Crippen LogP contribution < -0.4 is 4.74 Å². The van der Waals surface area contributed by atoms with Crippen molar-refractivity contribution in [1.82, 2.24) is 9.97 Å². The molecule has 0 aliphatic carbocycles. The van der Waals surface area contributed by atoms with Gasteiger partial charge in [0.2, 0.25) is 0 Å². The van der Waals surface area contributed by atoms with Gasteiger partial charge >= 0.3 is 5.97 Å². The van der Waals surface area contributed by atoms with Crippen molar-refractivity contribution in [3.63, 3.8) is 0 Å². The second kappa shape index (κ2) is 8.26. The average Bonchev–Trinajstić information content (AvgIpc) is 3.22. The van der Waals surface area contributed by atoms with Crippen molar-refractivity contribution in [2.24, 2.45) is 5.92 Å². The Morgan fingerprint density at radius 1 is 1.13 bits per heavy atom. The van der Waals surface area contributed by atoms with Gasteiger partial charge in [-0.25, -0.2) is 4.79 Å². The number of hydrogen-bond acceptors (Lipinski definition) is 3. The zero-order valence-corrected chi connectivity index (χ0v) is 17.9. The summed E-state index contributed by atoms with van der Waals surface area (Å²) < 4.78 is 5.89. The maximum absolute atomic E-state index is 11.3. The molecule has 2 aromatic heterocycles. The minimum absolute atomic E-state index is 0.261. The Labute approximate surface area is 181 Å². The number of pyridine rings is 1. The molecule has 4 rings (SSSR count). The quantitative estimate of drug-likeness (QED) is 0.401. The van der Waals surface area contributed by atoms with E-state index in [2.05, 4.69) is 42.9 Å². The second-order valence-corrected chi connectivity index (χ2v) is 8.26. The molecule has 5 heteroatoms. The lowest BCUT2D eigenvalue weighted by Crippen LogP contribution is -2.29. The number of aromatic carboxylic acids is 1. The van der Waals surface area contributed by atoms with E-state index in [0.29, 0.717) is 12.5 Å². The highest BCUT2D eigenvalue weighted by Gasteiger charge is 2.34. The zero-order chi connectivity index (χ0) is 22.0. The third-order valence-corrected chi connectivity index (χ3v) is 6.21. The van der Waals surface area contributed by atoms with Crippen LogP contribution in [-0.2, 0) is 12.0 Å². The van der Waals surface area contributed by atoms with Crippen LogP contribution in [0.2, 0.25) is 0 Å². The lowest BCUT2D eigenvalue weighted by Gasteiger charge is -2.35. The highest BCUT2D eigenvalue weighted by atomic mass is 16.5. The number of fused-ring (bicyclic) bond motifs is 1. The Balaban J connectivity index is 1.65. The number of aromatic amines is 1. The number of H-pyrrole nitrogens is 1. The Hall–Kier alpha value is -3.60. The van der Waals surface area contributed by atoms with Gasteiger partial charge in [0.15, 0.2) is 0 Å². The number of nitrogens with one attached hydrogen (secondary N) is 1. The van der Waals surface area contributed by atoms with Crippen LogP contribution in [0.1, 0.15) is 48.0 Å². The molecule has 0 aliphatic rings. The van der Waals surface area contributed by atoms with Crippen LogP contribution in [0.25, 0.3) is 10.9 Å². The van der Waals surface area contributed by atoms with E-state index in [4.69, 9.17) is 4.74 Å². The van der Waals surface area contributed by atoms with Crippen LogP contribution in [-0.4, -0.2) is 21.0 Å². The van der Waals surface area contributed by atoms with E-state index < -0.39 is 5.97 Å². The van der Waals surface area contributed by atoms with Crippen molar-refractivity contribution in [1.29, 1.82) is 0 Å². The fourth-order valence-electron chi connectivity index (χ4n) is 4.03. The molecular weight excluding hydrogens is 388 g/mol. The normalized spacial score (nSPS) is 13.3. The predicted octanol–water partition coefficient (Wildman–Crippen LogP) is 5.80. The molecule has 1 atom stereocenters. The van der Waals surface area contributed by atoms with Crippen molar-refractivity contribution in [3.8, 4) is 5.75 Å². The van der Waals surface area contributed by atoms with E-state index in [0.717, 1.165) is 27.9 Å². The standard InChI is InChI=1S/C26H26N2O3/c1-17(2)26(3,23-15-28-24-14-18(25(29)30)7-12-22(23)24)19-8-10-21(11-9-19)31-16-20-6-4-5-13-27-20/h4-15,17,28H,16H2,1-3H3,(H,29,30). The zero-order valence-electron chi connectivity index (χ0n) is 17.9. The molecule has 0 saturated carbocycles. The Kier molecular flexibility index (Phi) is 5.51. The van der Waals surface area contributed by atoms with Crippen molar-refractivity contribution in [2.45, 2.75) is 32.8 Å². The van der Waals surface area contributed by atoms with Gasteiger partial charge in [0.05, 0.1) is 11.3 Å². The number of ether oxygens (including phenoxy) is 1. The number of carboxylic acid groups (broad SMARTS) is 1. The average molecular weight is 415 g/mol. The smallest absolute Gasteiger partial charge is 0.335 e. The first-order chi connectivity index (χ1) is 14.9. The van der Waals surface area contributed by atoms with Gasteiger partial charge in [0.25, 0.3) is 0 Å². The van der Waals surface area contributed by atoms with Crippen molar-refractivity contribution >= 4 is 16.9 Å². The van der Waals surface area contributed by atoms with Gasteiger partial charge in [-0.3, -0.25) is 4.98 Å². The van der Waals surface area contributed by atoms with E-state index in [1.54, 1.807) is 18.3 Å². The molecule has 2 aromatic carbocycles. The molecule has 158 valence electrons. The van der Waals surface area contributed by atoms with Gasteiger partial charge in [-0.05, 0) is 53.4 Å². The lowest BCUT2D eigenvalue weighted by atomic mass is 9.68. The Morgan fingerprint density at radius 2 is 1.90 bits per heavy atom. The topological polar surface area (TPSA) is 75.2 Å². The monoisotopic (exact) mass is 414 g/mol. The summed E-state index contributed by atoms with van der Waals surface area (Å²) in [7, 11) is 0. The number of benzene rings is 2. The van der Waals surface area contributed by atoms with Gasteiger partial charge in [-0.15, -0.1) is 0 Å². The van der Waals surface area contributed by atoms with Crippen LogP contribution in [0.15, 0.2) is 73.1 Å². The van der Waals surface area contributed by atoms with Gasteiger partial charge in [-0.1, -0.05) is 45.0 Å². The molecule has 31 heavy (non-hydrogen) atoms. The molecule has 0 fully saturated rings. The van der Waals surface area contributed by atoms with E-state index >= 15 is 0 Å². The van der Waals surface area contributed by atoms with Crippen LogP contribution in [0.3, 0.4) is 0 Å². The molecule has 2 N–H and O–H groups in total. The van der Waals surface area contributed by atoms with Crippen molar-refractivity contribution in [2.75, 3.05) is 0 Å². The van der Waals surface area contributed by atoms with Gasteiger partial charge < -0.3 is 14.8 Å².